The fourth-order valence-corrected chi connectivity index (χ4v) is 4.42. The second kappa shape index (κ2) is 6.73. The maximum atomic E-state index is 11.6. The minimum atomic E-state index is -1.04. The summed E-state index contributed by atoms with van der Waals surface area (Å²) in [6.07, 6.45) is 0.526. The molecule has 2 nitrogen and oxygen atoms in total. The lowest BCUT2D eigenvalue weighted by molar-refractivity contribution is 0.0895. The van der Waals surface area contributed by atoms with Crippen LogP contribution >= 0.6 is 11.8 Å². The number of aliphatic hydroxyl groups is 1. The minimum Gasteiger partial charge on any atom is -0.380 e. The Hall–Kier alpha value is -1.58. The summed E-state index contributed by atoms with van der Waals surface area (Å²) in [5.41, 5.74) is 0.949. The third-order valence-electron chi connectivity index (χ3n) is 4.62. The number of thioether (sulfide) groups is 1. The van der Waals surface area contributed by atoms with Crippen LogP contribution in [0.5, 0.6) is 0 Å². The average Bonchev–Trinajstić information content (AvgIpc) is 3.05. The molecule has 1 atom stereocenters. The molecule has 1 heterocycles. The zero-order chi connectivity index (χ0) is 17.2. The van der Waals surface area contributed by atoms with Crippen LogP contribution in [0.3, 0.4) is 0 Å². The summed E-state index contributed by atoms with van der Waals surface area (Å²) >= 11 is 1.78. The Balaban J connectivity index is 1.96. The minimum absolute atomic E-state index is 0.159. The van der Waals surface area contributed by atoms with Crippen molar-refractivity contribution in [1.29, 1.82) is 0 Å². The third kappa shape index (κ3) is 3.57. The first-order valence-corrected chi connectivity index (χ1v) is 9.41. The van der Waals surface area contributed by atoms with Gasteiger partial charge < -0.3 is 5.11 Å². The van der Waals surface area contributed by atoms with Gasteiger partial charge in [-0.2, -0.15) is 0 Å². The molecule has 3 rings (SSSR count). The molecule has 0 unspecified atom stereocenters. The van der Waals surface area contributed by atoms with Gasteiger partial charge in [0.1, 0.15) is 5.60 Å². The molecule has 0 saturated carbocycles. The van der Waals surface area contributed by atoms with Gasteiger partial charge in [0, 0.05) is 12.2 Å². The molecule has 0 spiro atoms. The van der Waals surface area contributed by atoms with E-state index in [0.29, 0.717) is 12.5 Å². The molecule has 0 bridgehead atoms. The smallest absolute Gasteiger partial charge is 0.121 e. The molecule has 3 heteroatoms. The van der Waals surface area contributed by atoms with Crippen LogP contribution in [0.4, 0.5) is 0 Å². The summed E-state index contributed by atoms with van der Waals surface area (Å²) in [5.74, 6) is 0.999. The van der Waals surface area contributed by atoms with Gasteiger partial charge in [-0.15, -0.1) is 11.8 Å². The molecular weight excluding hydrogens is 314 g/mol. The van der Waals surface area contributed by atoms with Crippen LogP contribution in [0.2, 0.25) is 0 Å². The Morgan fingerprint density at radius 3 is 1.88 bits per heavy atom. The molecule has 0 radical (unpaired) electrons. The molecule has 0 saturated heterocycles. The summed E-state index contributed by atoms with van der Waals surface area (Å²) < 4.78 is 0. The lowest BCUT2D eigenvalue weighted by Gasteiger charge is -2.29. The van der Waals surface area contributed by atoms with Crippen LogP contribution in [0, 0.1) is 5.41 Å². The van der Waals surface area contributed by atoms with E-state index in [1.807, 2.05) is 60.7 Å². The molecule has 2 aromatic rings. The van der Waals surface area contributed by atoms with Crippen LogP contribution < -0.4 is 0 Å². The van der Waals surface area contributed by atoms with Gasteiger partial charge in [-0.25, -0.2) is 0 Å². The molecule has 126 valence electrons. The van der Waals surface area contributed by atoms with E-state index in [1.54, 1.807) is 11.8 Å². The van der Waals surface area contributed by atoms with Gasteiger partial charge in [0.05, 0.1) is 11.1 Å². The Bertz CT molecular complexity index is 664. The van der Waals surface area contributed by atoms with E-state index >= 15 is 0 Å². The van der Waals surface area contributed by atoms with Gasteiger partial charge in [0.25, 0.3) is 0 Å². The van der Waals surface area contributed by atoms with Crippen molar-refractivity contribution < 1.29 is 5.11 Å². The summed E-state index contributed by atoms with van der Waals surface area (Å²) in [7, 11) is 0. The Labute approximate surface area is 149 Å². The van der Waals surface area contributed by atoms with Crippen molar-refractivity contribution in [2.24, 2.45) is 10.4 Å². The number of rotatable bonds is 4. The molecule has 0 fully saturated rings. The third-order valence-corrected chi connectivity index (χ3v) is 5.68. The van der Waals surface area contributed by atoms with E-state index in [2.05, 4.69) is 20.8 Å². The fourth-order valence-electron chi connectivity index (χ4n) is 2.98. The molecule has 1 N–H and O–H groups in total. The number of hydrogen-bond donors (Lipinski definition) is 1. The Morgan fingerprint density at radius 1 is 0.958 bits per heavy atom. The zero-order valence-electron chi connectivity index (χ0n) is 14.6. The highest BCUT2D eigenvalue weighted by molar-refractivity contribution is 8.14. The lowest BCUT2D eigenvalue weighted by atomic mass is 9.83. The van der Waals surface area contributed by atoms with Crippen LogP contribution in [0.25, 0.3) is 0 Å². The van der Waals surface area contributed by atoms with Gasteiger partial charge in [-0.3, -0.25) is 4.99 Å². The number of aliphatic imine (C=N–C) groups is 1. The fraction of sp³-hybridized carbons (Fsp3) is 0.381. The molecule has 1 aliphatic heterocycles. The second-order valence-electron chi connectivity index (χ2n) is 7.48. The van der Waals surface area contributed by atoms with Crippen molar-refractivity contribution in [2.75, 3.05) is 5.75 Å². The van der Waals surface area contributed by atoms with Gasteiger partial charge in [-0.05, 0) is 16.5 Å². The van der Waals surface area contributed by atoms with Crippen LogP contribution in [-0.2, 0) is 5.60 Å². The highest BCUT2D eigenvalue weighted by atomic mass is 32.2. The van der Waals surface area contributed by atoms with E-state index in [4.69, 9.17) is 4.99 Å². The summed E-state index contributed by atoms with van der Waals surface area (Å²) in [6, 6.07) is 20.2. The second-order valence-corrected chi connectivity index (χ2v) is 8.58. The molecule has 24 heavy (non-hydrogen) atoms. The SMILES string of the molecule is CC(C)(C)[C@@H]1CSC(CC(O)(c2ccccc2)c2ccccc2)=N1. The van der Waals surface area contributed by atoms with Gasteiger partial charge >= 0.3 is 0 Å². The maximum Gasteiger partial charge on any atom is 0.121 e. The Kier molecular flexibility index (Phi) is 4.84. The van der Waals surface area contributed by atoms with Crippen molar-refractivity contribution in [3.63, 3.8) is 0 Å². The normalized spacial score (nSPS) is 18.5. The highest BCUT2D eigenvalue weighted by Crippen LogP contribution is 2.39. The molecule has 1 aliphatic rings. The predicted molar refractivity (Wildman–Crippen MR) is 104 cm³/mol. The number of hydrogen-bond acceptors (Lipinski definition) is 3. The van der Waals surface area contributed by atoms with E-state index in [1.165, 1.54) is 0 Å². The van der Waals surface area contributed by atoms with E-state index in [9.17, 15) is 5.11 Å². The summed E-state index contributed by atoms with van der Waals surface area (Å²) in [4.78, 5) is 4.91. The molecule has 0 aromatic heterocycles. The topological polar surface area (TPSA) is 32.6 Å². The molecule has 0 amide bonds. The van der Waals surface area contributed by atoms with E-state index in [-0.39, 0.29) is 5.41 Å². The van der Waals surface area contributed by atoms with Gasteiger partial charge in [-0.1, -0.05) is 81.4 Å². The first-order chi connectivity index (χ1) is 11.4. The highest BCUT2D eigenvalue weighted by Gasteiger charge is 2.36. The zero-order valence-corrected chi connectivity index (χ0v) is 15.4. The van der Waals surface area contributed by atoms with Crippen LogP contribution in [0.15, 0.2) is 65.7 Å². The Morgan fingerprint density at radius 2 is 1.46 bits per heavy atom. The standard InChI is InChI=1S/C21H25NOS/c1-20(2,3)18-15-24-19(22-18)14-21(23,16-10-6-4-7-11-16)17-12-8-5-9-13-17/h4-13,18,23H,14-15H2,1-3H3/t18-/m0/s1. The average molecular weight is 340 g/mol. The van der Waals surface area contributed by atoms with Crippen molar-refractivity contribution in [2.45, 2.75) is 38.8 Å². The largest absolute Gasteiger partial charge is 0.380 e. The van der Waals surface area contributed by atoms with Crippen LogP contribution in [0.1, 0.15) is 38.3 Å². The first-order valence-electron chi connectivity index (χ1n) is 8.42. The summed E-state index contributed by atoms with van der Waals surface area (Å²) in [6.45, 7) is 6.68. The number of benzene rings is 2. The summed E-state index contributed by atoms with van der Waals surface area (Å²) in [5, 5.41) is 12.7. The van der Waals surface area contributed by atoms with Crippen LogP contribution in [-0.4, -0.2) is 21.9 Å². The van der Waals surface area contributed by atoms with Crippen molar-refractivity contribution in [1.82, 2.24) is 0 Å². The molecular formula is C21H25NOS. The van der Waals surface area contributed by atoms with Gasteiger partial charge in [0.15, 0.2) is 0 Å². The lowest BCUT2D eigenvalue weighted by Crippen LogP contribution is -2.29. The maximum absolute atomic E-state index is 11.6. The monoisotopic (exact) mass is 339 g/mol. The predicted octanol–water partition coefficient (Wildman–Crippen LogP) is 4.87. The number of nitrogens with zero attached hydrogens (tertiary/aromatic N) is 1. The molecule has 0 aliphatic carbocycles. The van der Waals surface area contributed by atoms with E-state index < -0.39 is 5.60 Å². The first kappa shape index (κ1) is 17.2. The van der Waals surface area contributed by atoms with Crippen molar-refractivity contribution in [3.8, 4) is 0 Å². The quantitative estimate of drug-likeness (QED) is 0.861. The van der Waals surface area contributed by atoms with Crippen molar-refractivity contribution >= 4 is 16.8 Å². The van der Waals surface area contributed by atoms with Gasteiger partial charge in [0.2, 0.25) is 0 Å². The molecule has 2 aromatic carbocycles. The van der Waals surface area contributed by atoms with E-state index in [0.717, 1.165) is 21.9 Å². The van der Waals surface area contributed by atoms with Crippen molar-refractivity contribution in [3.05, 3.63) is 71.8 Å².